The van der Waals surface area contributed by atoms with Crippen molar-refractivity contribution in [1.82, 2.24) is 25.5 Å². The second-order valence-electron chi connectivity index (χ2n) is 5.74. The smallest absolute Gasteiger partial charge is 0.248 e. The SMILES string of the molecule is CC[C@@H](Nc1nnnn1-c1ccccc1)C(=O)NC[C@@H]1CCCO1. The first kappa shape index (κ1) is 16.4. The lowest BCUT2D eigenvalue weighted by atomic mass is 10.2. The van der Waals surface area contributed by atoms with Crippen molar-refractivity contribution in [3.63, 3.8) is 0 Å². The number of aromatic nitrogens is 4. The molecular weight excluding hydrogens is 308 g/mol. The number of tetrazole rings is 1. The van der Waals surface area contributed by atoms with Crippen LogP contribution in [-0.4, -0.2) is 51.4 Å². The van der Waals surface area contributed by atoms with E-state index in [0.29, 0.717) is 18.9 Å². The fourth-order valence-electron chi connectivity index (χ4n) is 2.67. The number of hydrogen-bond donors (Lipinski definition) is 2. The van der Waals surface area contributed by atoms with Crippen LogP contribution in [0.1, 0.15) is 26.2 Å². The van der Waals surface area contributed by atoms with Gasteiger partial charge in [-0.2, -0.15) is 4.68 Å². The van der Waals surface area contributed by atoms with Crippen LogP contribution >= 0.6 is 0 Å². The van der Waals surface area contributed by atoms with Crippen molar-refractivity contribution in [2.45, 2.75) is 38.3 Å². The van der Waals surface area contributed by atoms with Gasteiger partial charge in [0.2, 0.25) is 11.9 Å². The second-order valence-corrected chi connectivity index (χ2v) is 5.74. The molecule has 3 rings (SSSR count). The number of rotatable bonds is 7. The molecule has 0 unspecified atom stereocenters. The van der Waals surface area contributed by atoms with Gasteiger partial charge in [-0.25, -0.2) is 0 Å². The van der Waals surface area contributed by atoms with E-state index < -0.39 is 6.04 Å². The fraction of sp³-hybridized carbons (Fsp3) is 0.500. The zero-order valence-electron chi connectivity index (χ0n) is 13.7. The molecule has 1 saturated heterocycles. The van der Waals surface area contributed by atoms with E-state index in [2.05, 4.69) is 26.2 Å². The Morgan fingerprint density at radius 3 is 2.96 bits per heavy atom. The molecular formula is C16H22N6O2. The van der Waals surface area contributed by atoms with Crippen LogP contribution in [0, 0.1) is 0 Å². The van der Waals surface area contributed by atoms with Gasteiger partial charge in [0.1, 0.15) is 6.04 Å². The molecule has 1 aromatic carbocycles. The number of nitrogens with zero attached hydrogens (tertiary/aromatic N) is 4. The maximum absolute atomic E-state index is 12.4. The van der Waals surface area contributed by atoms with Crippen LogP contribution in [0.25, 0.3) is 5.69 Å². The number of amides is 1. The molecule has 0 saturated carbocycles. The predicted molar refractivity (Wildman–Crippen MR) is 88.8 cm³/mol. The van der Waals surface area contributed by atoms with Crippen molar-refractivity contribution in [2.75, 3.05) is 18.5 Å². The van der Waals surface area contributed by atoms with Crippen molar-refractivity contribution in [2.24, 2.45) is 0 Å². The molecule has 0 bridgehead atoms. The Kier molecular flexibility index (Phi) is 5.37. The van der Waals surface area contributed by atoms with Crippen LogP contribution in [-0.2, 0) is 9.53 Å². The minimum Gasteiger partial charge on any atom is -0.376 e. The molecule has 2 N–H and O–H groups in total. The number of benzene rings is 1. The topological polar surface area (TPSA) is 94.0 Å². The van der Waals surface area contributed by atoms with Crippen molar-refractivity contribution in [1.29, 1.82) is 0 Å². The summed E-state index contributed by atoms with van der Waals surface area (Å²) in [4.78, 5) is 12.4. The predicted octanol–water partition coefficient (Wildman–Crippen LogP) is 1.15. The Bertz CT molecular complexity index is 654. The highest BCUT2D eigenvalue weighted by molar-refractivity contribution is 5.84. The zero-order chi connectivity index (χ0) is 16.8. The third kappa shape index (κ3) is 3.88. The molecule has 2 aromatic rings. The summed E-state index contributed by atoms with van der Waals surface area (Å²) in [5, 5.41) is 17.7. The van der Waals surface area contributed by atoms with E-state index in [1.54, 1.807) is 4.68 Å². The first-order valence-corrected chi connectivity index (χ1v) is 8.27. The minimum absolute atomic E-state index is 0.0735. The molecule has 1 aliphatic rings. The average molecular weight is 330 g/mol. The summed E-state index contributed by atoms with van der Waals surface area (Å²) in [5.41, 5.74) is 0.833. The summed E-state index contributed by atoms with van der Waals surface area (Å²) in [5.74, 6) is 0.371. The Morgan fingerprint density at radius 1 is 1.42 bits per heavy atom. The highest BCUT2D eigenvalue weighted by atomic mass is 16.5. The lowest BCUT2D eigenvalue weighted by Crippen LogP contribution is -2.42. The lowest BCUT2D eigenvalue weighted by Gasteiger charge is -2.18. The van der Waals surface area contributed by atoms with Gasteiger partial charge in [-0.1, -0.05) is 30.2 Å². The second kappa shape index (κ2) is 7.87. The molecule has 8 nitrogen and oxygen atoms in total. The van der Waals surface area contributed by atoms with Gasteiger partial charge < -0.3 is 15.4 Å². The zero-order valence-corrected chi connectivity index (χ0v) is 13.7. The first-order chi connectivity index (χ1) is 11.8. The summed E-state index contributed by atoms with van der Waals surface area (Å²) in [7, 11) is 0. The van der Waals surface area contributed by atoms with Gasteiger partial charge in [0.05, 0.1) is 11.8 Å². The first-order valence-electron chi connectivity index (χ1n) is 8.27. The standard InChI is InChI=1S/C16H22N6O2/c1-2-14(15(23)17-11-13-9-6-10-24-13)18-16-19-20-21-22(16)12-7-4-3-5-8-12/h3-5,7-8,13-14H,2,6,9-11H2,1H3,(H,17,23)(H,18,19,21)/t13-,14+/m0/s1. The molecule has 2 heterocycles. The Balaban J connectivity index is 1.63. The van der Waals surface area contributed by atoms with Crippen LogP contribution < -0.4 is 10.6 Å². The molecule has 1 aliphatic heterocycles. The van der Waals surface area contributed by atoms with Gasteiger partial charge in [0, 0.05) is 13.2 Å². The van der Waals surface area contributed by atoms with E-state index in [-0.39, 0.29) is 12.0 Å². The van der Waals surface area contributed by atoms with E-state index in [4.69, 9.17) is 4.74 Å². The Morgan fingerprint density at radius 2 is 2.25 bits per heavy atom. The van der Waals surface area contributed by atoms with Gasteiger partial charge in [-0.3, -0.25) is 4.79 Å². The fourth-order valence-corrected chi connectivity index (χ4v) is 2.67. The van der Waals surface area contributed by atoms with Gasteiger partial charge in [-0.05, 0) is 41.8 Å². The summed E-state index contributed by atoms with van der Waals surface area (Å²) >= 11 is 0. The number of hydrogen-bond acceptors (Lipinski definition) is 6. The molecule has 1 amide bonds. The van der Waals surface area contributed by atoms with Gasteiger partial charge in [0.25, 0.3) is 0 Å². The number of para-hydroxylation sites is 1. The van der Waals surface area contributed by atoms with Crippen molar-refractivity contribution in [3.8, 4) is 5.69 Å². The van der Waals surface area contributed by atoms with E-state index in [0.717, 1.165) is 25.1 Å². The van der Waals surface area contributed by atoms with Crippen LogP contribution in [0.4, 0.5) is 5.95 Å². The summed E-state index contributed by atoms with van der Waals surface area (Å²) in [6.07, 6.45) is 2.80. The summed E-state index contributed by atoms with van der Waals surface area (Å²) < 4.78 is 7.11. The van der Waals surface area contributed by atoms with Gasteiger partial charge in [-0.15, -0.1) is 0 Å². The molecule has 1 aromatic heterocycles. The maximum atomic E-state index is 12.4. The van der Waals surface area contributed by atoms with Crippen molar-refractivity contribution < 1.29 is 9.53 Å². The van der Waals surface area contributed by atoms with Crippen LogP contribution in [0.5, 0.6) is 0 Å². The minimum atomic E-state index is -0.403. The highest BCUT2D eigenvalue weighted by Gasteiger charge is 2.22. The molecule has 2 atom stereocenters. The number of nitrogens with one attached hydrogen (secondary N) is 2. The van der Waals surface area contributed by atoms with Crippen molar-refractivity contribution in [3.05, 3.63) is 30.3 Å². The van der Waals surface area contributed by atoms with E-state index in [9.17, 15) is 4.79 Å². The Labute approximate surface area is 140 Å². The number of carbonyl (C=O) groups is 1. The third-order valence-electron chi connectivity index (χ3n) is 4.03. The number of carbonyl (C=O) groups excluding carboxylic acids is 1. The van der Waals surface area contributed by atoms with Crippen LogP contribution in [0.15, 0.2) is 30.3 Å². The summed E-state index contributed by atoms with van der Waals surface area (Å²) in [6.45, 7) is 3.27. The normalized spacial score (nSPS) is 18.3. The number of ether oxygens (including phenoxy) is 1. The van der Waals surface area contributed by atoms with E-state index in [1.165, 1.54) is 0 Å². The summed E-state index contributed by atoms with van der Waals surface area (Å²) in [6, 6.07) is 9.15. The largest absolute Gasteiger partial charge is 0.376 e. The Hall–Kier alpha value is -2.48. The average Bonchev–Trinajstić information content (AvgIpc) is 3.30. The molecule has 128 valence electrons. The molecule has 0 radical (unpaired) electrons. The van der Waals surface area contributed by atoms with E-state index >= 15 is 0 Å². The van der Waals surface area contributed by atoms with Crippen LogP contribution in [0.2, 0.25) is 0 Å². The van der Waals surface area contributed by atoms with Gasteiger partial charge in [0.15, 0.2) is 0 Å². The van der Waals surface area contributed by atoms with Gasteiger partial charge >= 0.3 is 0 Å². The van der Waals surface area contributed by atoms with Crippen molar-refractivity contribution >= 4 is 11.9 Å². The number of anilines is 1. The van der Waals surface area contributed by atoms with E-state index in [1.807, 2.05) is 37.3 Å². The molecule has 8 heteroatoms. The molecule has 24 heavy (non-hydrogen) atoms. The monoisotopic (exact) mass is 330 g/mol. The molecule has 1 fully saturated rings. The van der Waals surface area contributed by atoms with Crippen LogP contribution in [0.3, 0.4) is 0 Å². The quantitative estimate of drug-likeness (QED) is 0.791. The third-order valence-corrected chi connectivity index (χ3v) is 4.03. The maximum Gasteiger partial charge on any atom is 0.248 e. The molecule has 0 aliphatic carbocycles. The lowest BCUT2D eigenvalue weighted by molar-refractivity contribution is -0.122. The highest BCUT2D eigenvalue weighted by Crippen LogP contribution is 2.13. The molecule has 0 spiro atoms.